The summed E-state index contributed by atoms with van der Waals surface area (Å²) in [4.78, 5) is 0. The predicted octanol–water partition coefficient (Wildman–Crippen LogP) is 3.59. The lowest BCUT2D eigenvalue weighted by molar-refractivity contribution is -0.461. The summed E-state index contributed by atoms with van der Waals surface area (Å²) in [6.07, 6.45) is -22.5. The molecule has 5 atom stereocenters. The highest BCUT2D eigenvalue weighted by Crippen LogP contribution is 2.64. The molecule has 0 aromatic rings. The Morgan fingerprint density at radius 1 is 0.575 bits per heavy atom. The average Bonchev–Trinajstić information content (AvgIpc) is 2.79. The zero-order chi connectivity index (χ0) is 32.1. The Bertz CT molecular complexity index is 864. The molecule has 240 valence electrons. The number of aliphatic hydroxyl groups excluding tert-OH is 4. The zero-order valence-electron chi connectivity index (χ0n) is 18.7. The molecule has 0 aromatic carbocycles. The van der Waals surface area contributed by atoms with Crippen molar-refractivity contribution in [2.75, 3.05) is 13.2 Å². The molecule has 0 aromatic heterocycles. The normalized spacial score (nSPS) is 26.8. The first kappa shape index (κ1) is 36.6. The maximum Gasteiger partial charge on any atom is 0.460 e. The first-order valence-electron chi connectivity index (χ1n) is 10.1. The van der Waals surface area contributed by atoms with Gasteiger partial charge in [0.25, 0.3) is 0 Å². The molecule has 0 saturated carbocycles. The van der Waals surface area contributed by atoms with Crippen LogP contribution in [0.4, 0.5) is 74.6 Å². The maximum absolute atomic E-state index is 13.9. The smallest absolute Gasteiger partial charge is 0.394 e. The summed E-state index contributed by atoms with van der Waals surface area (Å²) in [6.45, 7) is -2.47. The molecule has 0 radical (unpaired) electrons. The van der Waals surface area contributed by atoms with E-state index in [1.807, 2.05) is 0 Å². The van der Waals surface area contributed by atoms with Gasteiger partial charge >= 0.3 is 47.6 Å². The summed E-state index contributed by atoms with van der Waals surface area (Å²) < 4.78 is 234. The molecular weight excluding hydrogens is 623 g/mol. The lowest BCUT2D eigenvalue weighted by atomic mass is 9.88. The SMILES string of the molecule is OC[C@@H]1O[C@H](O)[C@H](O)[C@@H](OCCCC(F)(F)C(F)(F)C(F)(F)C(F)(F)C(F)(F)C(F)(F)C(F)(F)C(F)(F)F)[C@H]1O. The van der Waals surface area contributed by atoms with E-state index in [1.54, 1.807) is 0 Å². The van der Waals surface area contributed by atoms with E-state index >= 15 is 0 Å². The van der Waals surface area contributed by atoms with Crippen molar-refractivity contribution in [3.8, 4) is 0 Å². The molecule has 4 N–H and O–H groups in total. The van der Waals surface area contributed by atoms with Crippen molar-refractivity contribution >= 4 is 0 Å². The third kappa shape index (κ3) is 5.52. The van der Waals surface area contributed by atoms with Gasteiger partial charge in [0.2, 0.25) is 0 Å². The zero-order valence-corrected chi connectivity index (χ0v) is 18.7. The Balaban J connectivity index is 3.19. The average molecular weight is 640 g/mol. The maximum atomic E-state index is 13.9. The molecule has 0 unspecified atom stereocenters. The van der Waals surface area contributed by atoms with Crippen LogP contribution in [0, 0.1) is 0 Å². The van der Waals surface area contributed by atoms with Crippen LogP contribution >= 0.6 is 0 Å². The second kappa shape index (κ2) is 11.0. The van der Waals surface area contributed by atoms with Crippen LogP contribution in [0.1, 0.15) is 12.8 Å². The fourth-order valence-electron chi connectivity index (χ4n) is 3.13. The van der Waals surface area contributed by atoms with E-state index in [1.165, 1.54) is 0 Å². The second-order valence-electron chi connectivity index (χ2n) is 8.32. The van der Waals surface area contributed by atoms with Crippen molar-refractivity contribution in [1.29, 1.82) is 0 Å². The van der Waals surface area contributed by atoms with Gasteiger partial charge in [-0.15, -0.1) is 0 Å². The van der Waals surface area contributed by atoms with Crippen molar-refractivity contribution in [2.45, 2.75) is 91.2 Å². The Labute approximate surface area is 210 Å². The van der Waals surface area contributed by atoms with Gasteiger partial charge in [0, 0.05) is 13.0 Å². The van der Waals surface area contributed by atoms with Gasteiger partial charge < -0.3 is 29.9 Å². The molecule has 1 rings (SSSR count). The van der Waals surface area contributed by atoms with Gasteiger partial charge in [-0.1, -0.05) is 0 Å². The van der Waals surface area contributed by atoms with Crippen molar-refractivity contribution < 1.29 is 105 Å². The van der Waals surface area contributed by atoms with E-state index in [2.05, 4.69) is 9.47 Å². The quantitative estimate of drug-likeness (QED) is 0.193. The lowest BCUT2D eigenvalue weighted by Gasteiger charge is -2.43. The van der Waals surface area contributed by atoms with Crippen LogP contribution in [0.2, 0.25) is 0 Å². The van der Waals surface area contributed by atoms with Crippen LogP contribution in [-0.2, 0) is 9.47 Å². The fraction of sp³-hybridized carbons (Fsp3) is 1.00. The van der Waals surface area contributed by atoms with E-state index in [0.29, 0.717) is 0 Å². The van der Waals surface area contributed by atoms with Gasteiger partial charge in [0.05, 0.1) is 6.61 Å². The van der Waals surface area contributed by atoms with Gasteiger partial charge in [-0.05, 0) is 6.42 Å². The van der Waals surface area contributed by atoms with Gasteiger partial charge in [-0.3, -0.25) is 0 Å². The minimum atomic E-state index is -8.72. The molecular formula is C17H17F17O6. The monoisotopic (exact) mass is 640 g/mol. The molecule has 0 amide bonds. The highest BCUT2D eigenvalue weighted by molar-refractivity contribution is 5.15. The molecule has 1 saturated heterocycles. The third-order valence-corrected chi connectivity index (χ3v) is 5.57. The second-order valence-corrected chi connectivity index (χ2v) is 8.32. The van der Waals surface area contributed by atoms with E-state index in [9.17, 15) is 90.0 Å². The largest absolute Gasteiger partial charge is 0.460 e. The summed E-state index contributed by atoms with van der Waals surface area (Å²) in [6, 6.07) is 0. The lowest BCUT2D eigenvalue weighted by Crippen LogP contribution is -2.74. The molecule has 0 aliphatic carbocycles. The number of ether oxygens (including phenoxy) is 2. The van der Waals surface area contributed by atoms with Gasteiger partial charge in [0.15, 0.2) is 6.29 Å². The van der Waals surface area contributed by atoms with Crippen LogP contribution in [0.15, 0.2) is 0 Å². The Kier molecular flexibility index (Phi) is 10.1. The molecule has 1 aliphatic heterocycles. The summed E-state index contributed by atoms with van der Waals surface area (Å²) in [5.41, 5.74) is 0. The van der Waals surface area contributed by atoms with Crippen molar-refractivity contribution in [3.63, 3.8) is 0 Å². The molecule has 1 heterocycles. The standard InChI is InChI=1S/C17H17F17O6/c18-10(19,2-1-3-39-8-6(36)5(4-35)40-9(38)7(8)37)11(20,21)12(22,23)13(24,25)14(26,27)15(28,29)16(30,31)17(32,33)34/h5-9,35-38H,1-4H2/t5-,6-,7+,8-,9-/m0/s1. The topological polar surface area (TPSA) is 99.4 Å². The number of alkyl halides is 17. The number of aliphatic hydroxyl groups is 4. The molecule has 23 heteroatoms. The van der Waals surface area contributed by atoms with Crippen molar-refractivity contribution in [3.05, 3.63) is 0 Å². The van der Waals surface area contributed by atoms with Crippen LogP contribution in [0.25, 0.3) is 0 Å². The predicted molar refractivity (Wildman–Crippen MR) is 89.6 cm³/mol. The van der Waals surface area contributed by atoms with Gasteiger partial charge in [0.1, 0.15) is 24.4 Å². The molecule has 0 spiro atoms. The summed E-state index contributed by atoms with van der Waals surface area (Å²) in [5, 5.41) is 37.7. The summed E-state index contributed by atoms with van der Waals surface area (Å²) >= 11 is 0. The van der Waals surface area contributed by atoms with Crippen molar-refractivity contribution in [2.24, 2.45) is 0 Å². The minimum Gasteiger partial charge on any atom is -0.394 e. The fourth-order valence-corrected chi connectivity index (χ4v) is 3.13. The Morgan fingerprint density at radius 2 is 0.975 bits per heavy atom. The van der Waals surface area contributed by atoms with Crippen LogP contribution in [-0.4, -0.2) is 112 Å². The molecule has 1 fully saturated rings. The van der Waals surface area contributed by atoms with Gasteiger partial charge in [-0.2, -0.15) is 74.6 Å². The summed E-state index contributed by atoms with van der Waals surface area (Å²) in [5.74, 6) is -57.1. The van der Waals surface area contributed by atoms with E-state index in [0.717, 1.165) is 0 Å². The highest BCUT2D eigenvalue weighted by atomic mass is 19.4. The molecule has 1 aliphatic rings. The first-order chi connectivity index (χ1) is 17.5. The molecule has 6 nitrogen and oxygen atoms in total. The Morgan fingerprint density at radius 3 is 1.38 bits per heavy atom. The first-order valence-corrected chi connectivity index (χ1v) is 10.1. The van der Waals surface area contributed by atoms with Crippen LogP contribution < -0.4 is 0 Å². The Hall–Kier alpha value is -1.43. The number of rotatable bonds is 12. The number of hydrogen-bond acceptors (Lipinski definition) is 6. The minimum absolute atomic E-state index is 1.06. The van der Waals surface area contributed by atoms with Gasteiger partial charge in [-0.25, -0.2) is 0 Å². The van der Waals surface area contributed by atoms with E-state index in [4.69, 9.17) is 5.11 Å². The summed E-state index contributed by atoms with van der Waals surface area (Å²) in [7, 11) is 0. The van der Waals surface area contributed by atoms with Crippen LogP contribution in [0.3, 0.4) is 0 Å². The van der Waals surface area contributed by atoms with E-state index < -0.39 is 104 Å². The molecule has 0 bridgehead atoms. The van der Waals surface area contributed by atoms with Crippen molar-refractivity contribution in [1.82, 2.24) is 0 Å². The number of halogens is 17. The van der Waals surface area contributed by atoms with Crippen LogP contribution in [0.5, 0.6) is 0 Å². The number of hydrogen-bond donors (Lipinski definition) is 4. The third-order valence-electron chi connectivity index (χ3n) is 5.57. The highest BCUT2D eigenvalue weighted by Gasteiger charge is 2.95. The molecule has 40 heavy (non-hydrogen) atoms. The van der Waals surface area contributed by atoms with E-state index in [-0.39, 0.29) is 0 Å².